The third kappa shape index (κ3) is 9.74. The molecule has 0 unspecified atom stereocenters. The van der Waals surface area contributed by atoms with Crippen LogP contribution in [0.4, 0.5) is 14.5 Å². The summed E-state index contributed by atoms with van der Waals surface area (Å²) in [5.74, 6) is -2.39. The highest BCUT2D eigenvalue weighted by Gasteiger charge is 2.30. The van der Waals surface area contributed by atoms with Crippen molar-refractivity contribution in [2.75, 3.05) is 31.6 Å². The van der Waals surface area contributed by atoms with Crippen molar-refractivity contribution in [1.82, 2.24) is 10.2 Å². The van der Waals surface area contributed by atoms with Gasteiger partial charge in [0.15, 0.2) is 0 Å². The molecule has 7 nitrogen and oxygen atoms in total. The van der Waals surface area contributed by atoms with Gasteiger partial charge in [-0.1, -0.05) is 25.4 Å². The molecule has 0 aliphatic carbocycles. The molecule has 0 bridgehead atoms. The third-order valence-electron chi connectivity index (χ3n) is 7.09. The van der Waals surface area contributed by atoms with E-state index in [1.165, 1.54) is 6.07 Å². The largest absolute Gasteiger partial charge is 0.388 e. The number of rotatable bonds is 14. The first-order valence-corrected chi connectivity index (χ1v) is 14.8. The second-order valence-corrected chi connectivity index (χ2v) is 11.3. The van der Waals surface area contributed by atoms with E-state index in [1.807, 2.05) is 13.8 Å². The van der Waals surface area contributed by atoms with E-state index in [1.54, 1.807) is 60.2 Å². The van der Waals surface area contributed by atoms with Crippen molar-refractivity contribution in [3.05, 3.63) is 99.6 Å². The van der Waals surface area contributed by atoms with E-state index >= 15 is 0 Å². The van der Waals surface area contributed by atoms with Gasteiger partial charge in [-0.3, -0.25) is 9.59 Å². The number of aliphatic hydroxyl groups is 2. The van der Waals surface area contributed by atoms with Gasteiger partial charge in [0.05, 0.1) is 12.1 Å². The van der Waals surface area contributed by atoms with Crippen LogP contribution in [0.3, 0.4) is 0 Å². The highest BCUT2D eigenvalue weighted by molar-refractivity contribution is 6.30. The number of halogens is 3. The maximum absolute atomic E-state index is 14.0. The van der Waals surface area contributed by atoms with E-state index in [9.17, 15) is 28.6 Å². The smallest absolute Gasteiger partial charge is 0.253 e. The van der Waals surface area contributed by atoms with E-state index in [0.29, 0.717) is 29.2 Å². The van der Waals surface area contributed by atoms with Crippen molar-refractivity contribution < 1.29 is 28.6 Å². The first-order chi connectivity index (χ1) is 20.4. The van der Waals surface area contributed by atoms with Gasteiger partial charge in [-0.25, -0.2) is 8.78 Å². The molecule has 0 radical (unpaired) electrons. The van der Waals surface area contributed by atoms with Gasteiger partial charge in [-0.15, -0.1) is 0 Å². The molecule has 2 amide bonds. The molecule has 10 heteroatoms. The third-order valence-corrected chi connectivity index (χ3v) is 7.34. The lowest BCUT2D eigenvalue weighted by Gasteiger charge is -2.31. The number of aliphatic hydroxyl groups excluding tert-OH is 2. The molecule has 0 fully saturated rings. The first-order valence-electron chi connectivity index (χ1n) is 14.4. The van der Waals surface area contributed by atoms with Gasteiger partial charge < -0.3 is 25.3 Å². The van der Waals surface area contributed by atoms with Crippen LogP contribution in [-0.4, -0.2) is 71.9 Å². The van der Waals surface area contributed by atoms with Crippen LogP contribution in [-0.2, 0) is 6.42 Å². The topological polar surface area (TPSA) is 93.1 Å². The maximum atomic E-state index is 14.0. The Labute approximate surface area is 257 Å². The van der Waals surface area contributed by atoms with Crippen molar-refractivity contribution in [3.8, 4) is 0 Å². The van der Waals surface area contributed by atoms with E-state index < -0.39 is 35.8 Å². The lowest BCUT2D eigenvalue weighted by molar-refractivity contribution is 0.00153. The summed E-state index contributed by atoms with van der Waals surface area (Å²) in [5.41, 5.74) is 2.17. The number of amides is 2. The van der Waals surface area contributed by atoms with Crippen LogP contribution in [0, 0.1) is 18.6 Å². The fourth-order valence-corrected chi connectivity index (χ4v) is 5.15. The summed E-state index contributed by atoms with van der Waals surface area (Å²) in [5, 5.41) is 25.5. The molecular formula is C33H40ClF2N3O4. The minimum Gasteiger partial charge on any atom is -0.388 e. The highest BCUT2D eigenvalue weighted by atomic mass is 35.5. The molecular weight excluding hydrogens is 576 g/mol. The van der Waals surface area contributed by atoms with Crippen molar-refractivity contribution >= 4 is 29.1 Å². The van der Waals surface area contributed by atoms with Gasteiger partial charge in [0.25, 0.3) is 11.8 Å². The zero-order valence-electron chi connectivity index (χ0n) is 25.0. The molecule has 3 aromatic rings. The lowest BCUT2D eigenvalue weighted by atomic mass is 9.96. The quantitative estimate of drug-likeness (QED) is 0.226. The minimum absolute atomic E-state index is 0.0134. The number of benzene rings is 3. The maximum Gasteiger partial charge on any atom is 0.253 e. The molecule has 3 atom stereocenters. The van der Waals surface area contributed by atoms with Gasteiger partial charge in [0, 0.05) is 54.6 Å². The molecule has 0 aliphatic rings. The Bertz CT molecular complexity index is 1360. The van der Waals surface area contributed by atoms with Gasteiger partial charge >= 0.3 is 0 Å². The van der Waals surface area contributed by atoms with E-state index in [4.69, 9.17) is 11.6 Å². The zero-order valence-corrected chi connectivity index (χ0v) is 25.7. The second kappa shape index (κ2) is 15.8. The Balaban J connectivity index is 1.87. The number of carbonyl (C=O) groups excluding carboxylic acids is 2. The molecule has 0 saturated carbocycles. The zero-order chi connectivity index (χ0) is 31.7. The lowest BCUT2D eigenvalue weighted by Crippen LogP contribution is -2.52. The number of hydrogen-bond acceptors (Lipinski definition) is 5. The van der Waals surface area contributed by atoms with Gasteiger partial charge in [0.2, 0.25) is 0 Å². The number of anilines is 1. The van der Waals surface area contributed by atoms with E-state index in [0.717, 1.165) is 36.7 Å². The number of hydrogen-bond donors (Lipinski definition) is 3. The summed E-state index contributed by atoms with van der Waals surface area (Å²) in [6, 6.07) is 13.6. The molecule has 0 aromatic heterocycles. The molecule has 232 valence electrons. The monoisotopic (exact) mass is 615 g/mol. The van der Waals surface area contributed by atoms with Gasteiger partial charge in [-0.05, 0) is 91.9 Å². The van der Waals surface area contributed by atoms with Crippen LogP contribution < -0.4 is 10.2 Å². The summed E-state index contributed by atoms with van der Waals surface area (Å²) in [6.07, 6.45) is -1.44. The van der Waals surface area contributed by atoms with Crippen LogP contribution in [0.2, 0.25) is 5.02 Å². The average Bonchev–Trinajstić information content (AvgIpc) is 2.95. The Morgan fingerprint density at radius 3 is 2.07 bits per heavy atom. The summed E-state index contributed by atoms with van der Waals surface area (Å²) in [4.78, 5) is 30.2. The summed E-state index contributed by atoms with van der Waals surface area (Å²) < 4.78 is 28.0. The van der Waals surface area contributed by atoms with Crippen molar-refractivity contribution in [3.63, 3.8) is 0 Å². The Kier molecular flexibility index (Phi) is 12.5. The highest BCUT2D eigenvalue weighted by Crippen LogP contribution is 2.20. The van der Waals surface area contributed by atoms with Crippen LogP contribution in [0.15, 0.2) is 60.7 Å². The van der Waals surface area contributed by atoms with Crippen LogP contribution in [0.5, 0.6) is 0 Å². The molecule has 0 saturated heterocycles. The first kappa shape index (κ1) is 34.0. The molecule has 3 aromatic carbocycles. The molecule has 43 heavy (non-hydrogen) atoms. The van der Waals surface area contributed by atoms with E-state index in [2.05, 4.69) is 5.32 Å². The number of nitrogens with zero attached hydrogens (tertiary/aromatic N) is 2. The Morgan fingerprint density at radius 2 is 1.49 bits per heavy atom. The predicted molar refractivity (Wildman–Crippen MR) is 166 cm³/mol. The number of nitrogens with one attached hydrogen (secondary N) is 1. The predicted octanol–water partition coefficient (Wildman–Crippen LogP) is 5.39. The average molecular weight is 616 g/mol. The second-order valence-electron chi connectivity index (χ2n) is 10.9. The van der Waals surface area contributed by atoms with Crippen molar-refractivity contribution in [2.45, 2.75) is 58.3 Å². The van der Waals surface area contributed by atoms with Crippen molar-refractivity contribution in [2.24, 2.45) is 0 Å². The number of likely N-dealkylation sites (N-methyl/N-ethyl adjacent to an activating group) is 1. The molecule has 0 heterocycles. The Hall–Kier alpha value is -3.53. The fraction of sp³-hybridized carbons (Fsp3) is 0.394. The fourth-order valence-electron chi connectivity index (χ4n) is 5.02. The standard InChI is InChI=1S/C33H40ClF2N3O4/c1-5-11-39(12-6-2)33(43)24-14-21(3)13-23(18-24)32(42)37-29(17-22-15-26(35)19-27(36)16-22)31(41)30(40)20-38(4)28-9-7-25(34)8-10-28/h7-10,13-16,18-19,29-31,40-41H,5-6,11-12,17,20H2,1-4H3,(H,37,42)/t29-,30+,31+/m0/s1. The van der Waals surface area contributed by atoms with Gasteiger partial charge in [0.1, 0.15) is 17.7 Å². The number of aryl methyl sites for hydroxylation is 1. The molecule has 0 spiro atoms. The van der Waals surface area contributed by atoms with Crippen LogP contribution >= 0.6 is 11.6 Å². The molecule has 3 rings (SSSR count). The molecule has 3 N–H and O–H groups in total. The number of carbonyl (C=O) groups is 2. The minimum atomic E-state index is -1.51. The SMILES string of the molecule is CCCN(CCC)C(=O)c1cc(C)cc(C(=O)N[C@@H](Cc2cc(F)cc(F)c2)[C@@H](O)[C@H](O)CN(C)c2ccc(Cl)cc2)c1. The van der Waals surface area contributed by atoms with Crippen LogP contribution in [0.25, 0.3) is 0 Å². The Morgan fingerprint density at radius 1 is 0.907 bits per heavy atom. The van der Waals surface area contributed by atoms with Crippen LogP contribution in [0.1, 0.15) is 58.5 Å². The summed E-state index contributed by atoms with van der Waals surface area (Å²) >= 11 is 5.97. The normalized spacial score (nSPS) is 13.2. The van der Waals surface area contributed by atoms with E-state index in [-0.39, 0.29) is 30.0 Å². The summed E-state index contributed by atoms with van der Waals surface area (Å²) in [6.45, 7) is 6.91. The summed E-state index contributed by atoms with van der Waals surface area (Å²) in [7, 11) is 1.72. The van der Waals surface area contributed by atoms with Crippen molar-refractivity contribution in [1.29, 1.82) is 0 Å². The molecule has 0 aliphatic heterocycles. The van der Waals surface area contributed by atoms with Gasteiger partial charge in [-0.2, -0.15) is 0 Å².